The minimum absolute atomic E-state index is 0.394. The lowest BCUT2D eigenvalue weighted by Crippen LogP contribution is -2.04. The molecule has 0 aliphatic carbocycles. The normalized spacial score (nSPS) is 9.86. The summed E-state index contributed by atoms with van der Waals surface area (Å²) in [5.74, 6) is -0.394. The van der Waals surface area contributed by atoms with Crippen LogP contribution in [0.5, 0.6) is 0 Å². The van der Waals surface area contributed by atoms with E-state index in [2.05, 4.69) is 0 Å². The Morgan fingerprint density at radius 3 is 2.57 bits per heavy atom. The van der Waals surface area contributed by atoms with Crippen molar-refractivity contribution in [2.24, 2.45) is 5.73 Å². The molecule has 0 aromatic rings. The highest BCUT2D eigenvalue weighted by Crippen LogP contribution is 1.90. The van der Waals surface area contributed by atoms with Gasteiger partial charge in [0.1, 0.15) is 0 Å². The molecule has 40 valence electrons. The van der Waals surface area contributed by atoms with Crippen LogP contribution in [-0.4, -0.2) is 12.2 Å². The molecule has 0 aromatic carbocycles. The van der Waals surface area contributed by atoms with E-state index in [1.54, 1.807) is 5.41 Å². The third kappa shape index (κ3) is 5.56. The monoisotopic (exact) mass is 117 g/mol. The van der Waals surface area contributed by atoms with Crippen LogP contribution in [0.15, 0.2) is 11.5 Å². The average Bonchev–Trinajstić information content (AvgIpc) is 1.61. The quantitative estimate of drug-likeness (QED) is 0.530. The van der Waals surface area contributed by atoms with Crippen LogP contribution in [0, 0.1) is 0 Å². The summed E-state index contributed by atoms with van der Waals surface area (Å²) in [5, 5.41) is 1.64. The van der Waals surface area contributed by atoms with Crippen LogP contribution in [0.4, 0.5) is 0 Å². The van der Waals surface area contributed by atoms with Gasteiger partial charge in [-0.25, -0.2) is 0 Å². The molecular formula is C4H7NOS. The van der Waals surface area contributed by atoms with Crippen molar-refractivity contribution in [2.45, 2.75) is 0 Å². The summed E-state index contributed by atoms with van der Waals surface area (Å²) in [4.78, 5) is 9.88. The van der Waals surface area contributed by atoms with E-state index in [4.69, 9.17) is 5.73 Å². The largest absolute Gasteiger partial charge is 0.366 e. The van der Waals surface area contributed by atoms with Crippen molar-refractivity contribution in [3.8, 4) is 0 Å². The van der Waals surface area contributed by atoms with Gasteiger partial charge in [0.05, 0.1) is 0 Å². The number of carbonyl (C=O) groups is 1. The molecule has 3 heteroatoms. The van der Waals surface area contributed by atoms with Crippen LogP contribution in [0.3, 0.4) is 0 Å². The molecule has 0 radical (unpaired) electrons. The van der Waals surface area contributed by atoms with Crippen LogP contribution in [0.25, 0.3) is 0 Å². The fourth-order valence-electron chi connectivity index (χ4n) is 0.135. The molecule has 0 spiro atoms. The number of thioether (sulfide) groups is 1. The SMILES string of the molecule is CS/C=C/C(N)=O. The van der Waals surface area contributed by atoms with Crippen LogP contribution in [0.1, 0.15) is 0 Å². The van der Waals surface area contributed by atoms with Crippen molar-refractivity contribution < 1.29 is 4.79 Å². The zero-order chi connectivity index (χ0) is 5.70. The molecule has 1 amide bonds. The lowest BCUT2D eigenvalue weighted by molar-refractivity contribution is -0.113. The lowest BCUT2D eigenvalue weighted by Gasteiger charge is -1.74. The van der Waals surface area contributed by atoms with Gasteiger partial charge in [0.2, 0.25) is 5.91 Å². The van der Waals surface area contributed by atoms with E-state index in [0.717, 1.165) is 0 Å². The maximum Gasteiger partial charge on any atom is 0.241 e. The number of hydrogen-bond donors (Lipinski definition) is 1. The van der Waals surface area contributed by atoms with Gasteiger partial charge in [-0.3, -0.25) is 4.79 Å². The van der Waals surface area contributed by atoms with Crippen molar-refractivity contribution in [1.82, 2.24) is 0 Å². The summed E-state index contributed by atoms with van der Waals surface area (Å²) in [6.07, 6.45) is 3.18. The molecule has 7 heavy (non-hydrogen) atoms. The van der Waals surface area contributed by atoms with Crippen molar-refractivity contribution in [3.63, 3.8) is 0 Å². The predicted octanol–water partition coefficient (Wildman–Crippen LogP) is 0.348. The smallest absolute Gasteiger partial charge is 0.241 e. The standard InChI is InChI=1S/C4H7NOS/c1-7-3-2-4(5)6/h2-3H,1H3,(H2,5,6)/b3-2+. The summed E-state index contributed by atoms with van der Waals surface area (Å²) < 4.78 is 0. The highest BCUT2D eigenvalue weighted by Gasteiger charge is 1.76. The van der Waals surface area contributed by atoms with E-state index < -0.39 is 5.91 Å². The summed E-state index contributed by atoms with van der Waals surface area (Å²) in [5.41, 5.74) is 4.74. The Balaban J connectivity index is 3.26. The second-order valence-corrected chi connectivity index (χ2v) is 1.68. The van der Waals surface area contributed by atoms with Gasteiger partial charge in [-0.05, 0) is 11.7 Å². The first-order chi connectivity index (χ1) is 3.27. The third-order valence-electron chi connectivity index (χ3n) is 0.368. The molecule has 0 aromatic heterocycles. The Morgan fingerprint density at radius 2 is 2.43 bits per heavy atom. The highest BCUT2D eigenvalue weighted by atomic mass is 32.2. The molecule has 2 N–H and O–H groups in total. The second kappa shape index (κ2) is 3.74. The third-order valence-corrected chi connectivity index (χ3v) is 0.777. The molecular weight excluding hydrogens is 110 g/mol. The van der Waals surface area contributed by atoms with Gasteiger partial charge >= 0.3 is 0 Å². The highest BCUT2D eigenvalue weighted by molar-refractivity contribution is 8.01. The summed E-state index contributed by atoms with van der Waals surface area (Å²) in [7, 11) is 0. The van der Waals surface area contributed by atoms with Crippen LogP contribution in [-0.2, 0) is 4.79 Å². The van der Waals surface area contributed by atoms with Crippen molar-refractivity contribution in [2.75, 3.05) is 6.26 Å². The van der Waals surface area contributed by atoms with Crippen molar-refractivity contribution in [1.29, 1.82) is 0 Å². The van der Waals surface area contributed by atoms with E-state index in [0.29, 0.717) is 0 Å². The number of nitrogens with two attached hydrogens (primary N) is 1. The van der Waals surface area contributed by atoms with Crippen LogP contribution in [0.2, 0.25) is 0 Å². The summed E-state index contributed by atoms with van der Waals surface area (Å²) >= 11 is 1.45. The van der Waals surface area contributed by atoms with E-state index >= 15 is 0 Å². The van der Waals surface area contributed by atoms with Gasteiger partial charge in [-0.1, -0.05) is 0 Å². The van der Waals surface area contributed by atoms with E-state index in [1.807, 2.05) is 6.26 Å². The fourth-order valence-corrected chi connectivity index (χ4v) is 0.405. The van der Waals surface area contributed by atoms with E-state index in [-0.39, 0.29) is 0 Å². The molecule has 0 fully saturated rings. The lowest BCUT2D eigenvalue weighted by atomic mass is 10.6. The maximum absolute atomic E-state index is 9.88. The van der Waals surface area contributed by atoms with E-state index in [1.165, 1.54) is 17.8 Å². The van der Waals surface area contributed by atoms with Gasteiger partial charge in [-0.15, -0.1) is 11.8 Å². The van der Waals surface area contributed by atoms with Gasteiger partial charge < -0.3 is 5.73 Å². The maximum atomic E-state index is 9.88. The molecule has 0 bridgehead atoms. The van der Waals surface area contributed by atoms with Crippen LogP contribution >= 0.6 is 11.8 Å². The molecule has 0 aliphatic rings. The molecule has 2 nitrogen and oxygen atoms in total. The molecule has 0 rings (SSSR count). The Morgan fingerprint density at radius 1 is 1.86 bits per heavy atom. The zero-order valence-corrected chi connectivity index (χ0v) is 4.87. The first kappa shape index (κ1) is 6.56. The Kier molecular flexibility index (Phi) is 3.50. The Labute approximate surface area is 46.8 Å². The number of amides is 1. The van der Waals surface area contributed by atoms with Gasteiger partial charge in [0, 0.05) is 6.08 Å². The summed E-state index contributed by atoms with van der Waals surface area (Å²) in [6.45, 7) is 0. The second-order valence-electron chi connectivity index (χ2n) is 0.941. The zero-order valence-electron chi connectivity index (χ0n) is 4.05. The topological polar surface area (TPSA) is 43.1 Å². The average molecular weight is 117 g/mol. The number of carbonyl (C=O) groups excluding carboxylic acids is 1. The van der Waals surface area contributed by atoms with Crippen LogP contribution < -0.4 is 5.73 Å². The van der Waals surface area contributed by atoms with Crippen molar-refractivity contribution in [3.05, 3.63) is 11.5 Å². The number of rotatable bonds is 2. The number of primary amides is 1. The minimum atomic E-state index is -0.394. The summed E-state index contributed by atoms with van der Waals surface area (Å²) in [6, 6.07) is 0. The van der Waals surface area contributed by atoms with Gasteiger partial charge in [0.15, 0.2) is 0 Å². The van der Waals surface area contributed by atoms with Gasteiger partial charge in [0.25, 0.3) is 0 Å². The Hall–Kier alpha value is -0.440. The van der Waals surface area contributed by atoms with Gasteiger partial charge in [-0.2, -0.15) is 0 Å². The van der Waals surface area contributed by atoms with E-state index in [9.17, 15) is 4.79 Å². The molecule has 0 saturated heterocycles. The number of hydrogen-bond acceptors (Lipinski definition) is 2. The molecule has 0 aliphatic heterocycles. The molecule has 0 atom stereocenters. The molecule has 0 saturated carbocycles. The molecule has 0 heterocycles. The Bertz CT molecular complexity index is 89.7. The van der Waals surface area contributed by atoms with Crippen molar-refractivity contribution >= 4 is 17.7 Å². The first-order valence-corrected chi connectivity index (χ1v) is 3.05. The first-order valence-electron chi connectivity index (χ1n) is 1.76. The fraction of sp³-hybridized carbons (Fsp3) is 0.250. The molecule has 0 unspecified atom stereocenters. The minimum Gasteiger partial charge on any atom is -0.366 e. The predicted molar refractivity (Wildman–Crippen MR) is 31.8 cm³/mol.